The lowest BCUT2D eigenvalue weighted by Gasteiger charge is -2.42. The molecular formula is C28H34FNO3S. The first-order valence-corrected chi connectivity index (χ1v) is 12.6. The Bertz CT molecular complexity index is 1180. The molecule has 1 aliphatic heterocycles. The van der Waals surface area contributed by atoms with Crippen LogP contribution in [-0.4, -0.2) is 16.3 Å². The van der Waals surface area contributed by atoms with Crippen LogP contribution in [-0.2, 0) is 15.6 Å². The van der Waals surface area contributed by atoms with Gasteiger partial charge in [0.1, 0.15) is 0 Å². The molecule has 1 fully saturated rings. The summed E-state index contributed by atoms with van der Waals surface area (Å²) in [6.07, 6.45) is 4.85. The minimum Gasteiger partial charge on any atom is -0.504 e. The molecule has 0 bridgehead atoms. The van der Waals surface area contributed by atoms with Gasteiger partial charge in [-0.25, -0.2) is 4.39 Å². The normalized spacial score (nSPS) is 19.4. The van der Waals surface area contributed by atoms with E-state index in [1.807, 2.05) is 6.92 Å². The summed E-state index contributed by atoms with van der Waals surface area (Å²) in [6.45, 7) is 15.1. The SMILES string of the molecule is CCC.Cc1cc2c(cc1-c1cc(/C=C3\SC(=O)NC3=O)cc(F)c1O)C(C)(C)CCC2(C)C. The van der Waals surface area contributed by atoms with Crippen molar-refractivity contribution in [3.63, 3.8) is 0 Å². The number of fused-ring (bicyclic) bond motifs is 1. The number of amides is 2. The number of hydrogen-bond donors (Lipinski definition) is 2. The second kappa shape index (κ2) is 9.57. The maximum Gasteiger partial charge on any atom is 0.290 e. The summed E-state index contributed by atoms with van der Waals surface area (Å²) in [4.78, 5) is 23.5. The standard InChI is InChI=1S/C25H26FNO3S.C3H8/c1-13-8-17-18(25(4,5)7-6-24(17,2)3)12-15(13)16-9-14(10-19(26)21(16)28)11-20-22(29)27-23(30)31-20;1-3-2/h8-12,28H,6-7H2,1-5H3,(H,27,29,30);3H2,1-2H3/b20-11-;. The lowest BCUT2D eigenvalue weighted by atomic mass is 9.62. The molecule has 0 atom stereocenters. The van der Waals surface area contributed by atoms with E-state index in [9.17, 15) is 19.1 Å². The maximum absolute atomic E-state index is 14.7. The van der Waals surface area contributed by atoms with Gasteiger partial charge in [-0.2, -0.15) is 0 Å². The van der Waals surface area contributed by atoms with Crippen LogP contribution in [0.5, 0.6) is 5.75 Å². The summed E-state index contributed by atoms with van der Waals surface area (Å²) in [5, 5.41) is 12.3. The van der Waals surface area contributed by atoms with E-state index in [1.165, 1.54) is 29.7 Å². The summed E-state index contributed by atoms with van der Waals surface area (Å²) in [6, 6.07) is 7.07. The van der Waals surface area contributed by atoms with Crippen LogP contribution in [0.2, 0.25) is 0 Å². The highest BCUT2D eigenvalue weighted by molar-refractivity contribution is 8.18. The van der Waals surface area contributed by atoms with E-state index in [2.05, 4.69) is 59.0 Å². The summed E-state index contributed by atoms with van der Waals surface area (Å²) in [5.74, 6) is -1.69. The van der Waals surface area contributed by atoms with Crippen molar-refractivity contribution < 1.29 is 19.1 Å². The Labute approximate surface area is 206 Å². The third-order valence-electron chi connectivity index (χ3n) is 6.51. The molecule has 1 saturated heterocycles. The van der Waals surface area contributed by atoms with Gasteiger partial charge in [-0.15, -0.1) is 0 Å². The van der Waals surface area contributed by atoms with Crippen LogP contribution < -0.4 is 5.32 Å². The number of aryl methyl sites for hydroxylation is 1. The van der Waals surface area contributed by atoms with Crippen molar-refractivity contribution >= 4 is 29.0 Å². The number of benzene rings is 2. The highest BCUT2D eigenvalue weighted by atomic mass is 32.2. The molecule has 1 aliphatic carbocycles. The highest BCUT2D eigenvalue weighted by Crippen LogP contribution is 2.48. The zero-order valence-electron chi connectivity index (χ0n) is 21.1. The Kier molecular flexibility index (Phi) is 7.32. The summed E-state index contributed by atoms with van der Waals surface area (Å²) >= 11 is 0.778. The molecule has 0 aromatic heterocycles. The molecule has 2 aromatic carbocycles. The van der Waals surface area contributed by atoms with Crippen LogP contribution in [0.3, 0.4) is 0 Å². The molecule has 182 valence electrons. The zero-order valence-corrected chi connectivity index (χ0v) is 21.9. The molecule has 0 unspecified atom stereocenters. The van der Waals surface area contributed by atoms with Gasteiger partial charge in [0.2, 0.25) is 0 Å². The third kappa shape index (κ3) is 5.07. The lowest BCUT2D eigenvalue weighted by Crippen LogP contribution is -2.34. The third-order valence-corrected chi connectivity index (χ3v) is 7.32. The van der Waals surface area contributed by atoms with Gasteiger partial charge in [0.15, 0.2) is 11.6 Å². The molecule has 1 heterocycles. The van der Waals surface area contributed by atoms with Crippen LogP contribution in [0.1, 0.15) is 83.1 Å². The van der Waals surface area contributed by atoms with E-state index in [4.69, 9.17) is 0 Å². The first-order chi connectivity index (χ1) is 15.8. The Hall–Kier alpha value is -2.60. The lowest BCUT2D eigenvalue weighted by molar-refractivity contribution is -0.115. The predicted octanol–water partition coefficient (Wildman–Crippen LogP) is 7.60. The summed E-state index contributed by atoms with van der Waals surface area (Å²) in [5.41, 5.74) is 5.03. The van der Waals surface area contributed by atoms with Gasteiger partial charge in [-0.1, -0.05) is 54.0 Å². The van der Waals surface area contributed by atoms with E-state index in [-0.39, 0.29) is 15.7 Å². The number of imide groups is 1. The summed E-state index contributed by atoms with van der Waals surface area (Å²) in [7, 11) is 0. The number of halogens is 1. The number of phenols is 1. The van der Waals surface area contributed by atoms with Crippen molar-refractivity contribution in [1.82, 2.24) is 5.32 Å². The van der Waals surface area contributed by atoms with Crippen LogP contribution in [0, 0.1) is 12.7 Å². The largest absolute Gasteiger partial charge is 0.504 e. The number of hydrogen-bond acceptors (Lipinski definition) is 4. The maximum atomic E-state index is 14.7. The van der Waals surface area contributed by atoms with Gasteiger partial charge >= 0.3 is 0 Å². The van der Waals surface area contributed by atoms with Crippen LogP contribution in [0.4, 0.5) is 9.18 Å². The van der Waals surface area contributed by atoms with Gasteiger partial charge in [0, 0.05) is 5.56 Å². The second-order valence-electron chi connectivity index (χ2n) is 10.4. The average Bonchev–Trinajstić information content (AvgIpc) is 3.05. The molecule has 2 amide bonds. The molecule has 4 nitrogen and oxygen atoms in total. The molecule has 0 radical (unpaired) electrons. The zero-order chi connectivity index (χ0) is 25.4. The minimum atomic E-state index is -0.768. The van der Waals surface area contributed by atoms with Gasteiger partial charge < -0.3 is 5.11 Å². The Morgan fingerprint density at radius 1 is 1.00 bits per heavy atom. The summed E-state index contributed by atoms with van der Waals surface area (Å²) < 4.78 is 14.7. The molecule has 0 saturated carbocycles. The van der Waals surface area contributed by atoms with Crippen LogP contribution >= 0.6 is 11.8 Å². The topological polar surface area (TPSA) is 66.4 Å². The first kappa shape index (κ1) is 26.0. The molecule has 34 heavy (non-hydrogen) atoms. The van der Waals surface area contributed by atoms with Gasteiger partial charge in [-0.3, -0.25) is 14.9 Å². The minimum absolute atomic E-state index is 0.0278. The molecule has 2 aliphatic rings. The molecule has 6 heteroatoms. The first-order valence-electron chi connectivity index (χ1n) is 11.7. The molecule has 4 rings (SSSR count). The fourth-order valence-electron chi connectivity index (χ4n) is 4.49. The van der Waals surface area contributed by atoms with Crippen LogP contribution in [0.15, 0.2) is 29.2 Å². The van der Waals surface area contributed by atoms with Crippen molar-refractivity contribution in [2.75, 3.05) is 0 Å². The number of carbonyl (C=O) groups is 2. The Morgan fingerprint density at radius 3 is 2.09 bits per heavy atom. The Balaban J connectivity index is 0.00000103. The van der Waals surface area contributed by atoms with Crippen molar-refractivity contribution in [2.45, 2.75) is 78.6 Å². The van der Waals surface area contributed by atoms with Gasteiger partial charge in [0.25, 0.3) is 11.1 Å². The molecular weight excluding hydrogens is 449 g/mol. The number of aromatic hydroxyl groups is 1. The highest BCUT2D eigenvalue weighted by Gasteiger charge is 2.37. The van der Waals surface area contributed by atoms with E-state index in [1.54, 1.807) is 6.07 Å². The smallest absolute Gasteiger partial charge is 0.290 e. The van der Waals surface area contributed by atoms with E-state index in [0.717, 1.165) is 35.7 Å². The number of thioether (sulfide) groups is 1. The molecule has 2 aromatic rings. The number of rotatable bonds is 2. The predicted molar refractivity (Wildman–Crippen MR) is 139 cm³/mol. The van der Waals surface area contributed by atoms with Crippen molar-refractivity contribution in [2.24, 2.45) is 0 Å². The van der Waals surface area contributed by atoms with Crippen LogP contribution in [0.25, 0.3) is 17.2 Å². The number of nitrogens with one attached hydrogen (secondary N) is 1. The van der Waals surface area contributed by atoms with E-state index < -0.39 is 22.7 Å². The monoisotopic (exact) mass is 483 g/mol. The number of phenolic OH excluding ortho intramolecular Hbond substituents is 1. The van der Waals surface area contributed by atoms with Gasteiger partial charge in [-0.05, 0) is 94.4 Å². The quantitative estimate of drug-likeness (QED) is 0.432. The van der Waals surface area contributed by atoms with E-state index in [0.29, 0.717) is 11.1 Å². The second-order valence-corrected chi connectivity index (χ2v) is 11.5. The van der Waals surface area contributed by atoms with Crippen molar-refractivity contribution in [3.8, 4) is 16.9 Å². The number of carbonyl (C=O) groups excluding carboxylic acids is 2. The van der Waals surface area contributed by atoms with Crippen molar-refractivity contribution in [1.29, 1.82) is 0 Å². The Morgan fingerprint density at radius 2 is 1.56 bits per heavy atom. The average molecular weight is 484 g/mol. The fraction of sp³-hybridized carbons (Fsp3) is 0.429. The fourth-order valence-corrected chi connectivity index (χ4v) is 5.18. The van der Waals surface area contributed by atoms with E-state index >= 15 is 0 Å². The van der Waals surface area contributed by atoms with Crippen molar-refractivity contribution in [3.05, 3.63) is 57.2 Å². The molecule has 0 spiro atoms. The van der Waals surface area contributed by atoms with Gasteiger partial charge in [0.05, 0.1) is 4.91 Å². The molecule has 2 N–H and O–H groups in total.